The Bertz CT molecular complexity index is 296. The zero-order valence-electron chi connectivity index (χ0n) is 6.32. The van der Waals surface area contributed by atoms with Gasteiger partial charge in [0.25, 0.3) is 0 Å². The maximum absolute atomic E-state index is 11.0. The molecule has 0 aliphatic heterocycles. The van der Waals surface area contributed by atoms with Crippen molar-refractivity contribution in [2.45, 2.75) is 13.3 Å². The number of nitrogens with zero attached hydrogens (tertiary/aromatic N) is 2. The van der Waals surface area contributed by atoms with Crippen molar-refractivity contribution in [2.75, 3.05) is 5.73 Å². The van der Waals surface area contributed by atoms with Crippen molar-refractivity contribution in [3.8, 4) is 0 Å². The second kappa shape index (κ2) is 3.23. The Morgan fingerprint density at radius 3 is 3.09 bits per heavy atom. The van der Waals surface area contributed by atoms with Crippen molar-refractivity contribution < 1.29 is 0 Å². The van der Waals surface area contributed by atoms with Crippen molar-refractivity contribution in [3.63, 3.8) is 0 Å². The lowest BCUT2D eigenvalue weighted by Gasteiger charge is -2.00. The predicted octanol–water partition coefficient (Wildman–Crippen LogP) is -0.465. The minimum Gasteiger partial charge on any atom is -0.383 e. The molecule has 0 atom stereocenters. The van der Waals surface area contributed by atoms with Crippen molar-refractivity contribution in [1.29, 1.82) is 0 Å². The Kier molecular flexibility index (Phi) is 2.30. The maximum atomic E-state index is 11.0. The summed E-state index contributed by atoms with van der Waals surface area (Å²) in [5.41, 5.74) is 4.99. The summed E-state index contributed by atoms with van der Waals surface area (Å²) < 4.78 is 1.48. The first-order valence-electron chi connectivity index (χ1n) is 3.35. The monoisotopic (exact) mass is 150 g/mol. The highest BCUT2D eigenvalue weighted by Crippen LogP contribution is 1.88. The van der Waals surface area contributed by atoms with Crippen molar-refractivity contribution >= 4 is 13.1 Å². The molecule has 0 amide bonds. The summed E-state index contributed by atoms with van der Waals surface area (Å²) in [5.74, 6) is 0.266. The van der Waals surface area contributed by atoms with E-state index in [1.165, 1.54) is 4.57 Å². The highest BCUT2D eigenvalue weighted by atomic mass is 16.1. The Hall–Kier alpha value is -1.26. The van der Waals surface area contributed by atoms with Crippen LogP contribution >= 0.6 is 0 Å². The number of rotatable bonds is 2. The van der Waals surface area contributed by atoms with Crippen molar-refractivity contribution in [1.82, 2.24) is 9.55 Å². The molecule has 11 heavy (non-hydrogen) atoms. The van der Waals surface area contributed by atoms with Gasteiger partial charge < -0.3 is 10.3 Å². The number of hydrogen-bond donors (Lipinski definition) is 1. The number of anilines is 1. The molecular weight excluding hydrogens is 141 g/mol. The van der Waals surface area contributed by atoms with Crippen LogP contribution in [0.5, 0.6) is 0 Å². The van der Waals surface area contributed by atoms with Crippen LogP contribution in [-0.2, 0) is 6.44 Å². The summed E-state index contributed by atoms with van der Waals surface area (Å²) in [5, 5.41) is 0. The van der Waals surface area contributed by atoms with Gasteiger partial charge >= 0.3 is 5.69 Å². The molecule has 5 heteroatoms. The molecule has 0 bridgehead atoms. The molecule has 0 fully saturated rings. The number of aromatic nitrogens is 2. The van der Waals surface area contributed by atoms with E-state index in [-0.39, 0.29) is 11.5 Å². The molecule has 1 rings (SSSR count). The van der Waals surface area contributed by atoms with Gasteiger partial charge in [-0.15, -0.1) is 0 Å². The molecule has 2 N–H and O–H groups in total. The minimum atomic E-state index is -0.303. The maximum Gasteiger partial charge on any atom is 0.348 e. The number of nitrogens with two attached hydrogens (primary N) is 1. The molecule has 4 nitrogen and oxygen atoms in total. The third-order valence-corrected chi connectivity index (χ3v) is 1.27. The largest absolute Gasteiger partial charge is 0.383 e. The van der Waals surface area contributed by atoms with Crippen LogP contribution < -0.4 is 11.4 Å². The highest BCUT2D eigenvalue weighted by Gasteiger charge is 1.94. The average Bonchev–Trinajstić information content (AvgIpc) is 1.95. The SMILES string of the molecule is C[B]Cn1ccc(N)nc1=O. The molecule has 1 aromatic rings. The Labute approximate surface area is 65.3 Å². The molecular formula is C6H9BN3O. The van der Waals surface area contributed by atoms with Gasteiger partial charge in [-0.2, -0.15) is 4.98 Å². The van der Waals surface area contributed by atoms with Crippen molar-refractivity contribution in [3.05, 3.63) is 22.7 Å². The molecule has 0 unspecified atom stereocenters. The van der Waals surface area contributed by atoms with Gasteiger partial charge in [-0.3, -0.25) is 0 Å². The van der Waals surface area contributed by atoms with Crippen LogP contribution in [0.2, 0.25) is 6.82 Å². The van der Waals surface area contributed by atoms with E-state index in [0.717, 1.165) is 0 Å². The Morgan fingerprint density at radius 2 is 2.55 bits per heavy atom. The summed E-state index contributed by atoms with van der Waals surface area (Å²) in [6.45, 7) is 1.88. The van der Waals surface area contributed by atoms with E-state index in [1.807, 2.05) is 14.1 Å². The van der Waals surface area contributed by atoms with Gasteiger partial charge in [0.15, 0.2) is 0 Å². The molecule has 0 spiro atoms. The van der Waals surface area contributed by atoms with Crippen molar-refractivity contribution in [2.24, 2.45) is 0 Å². The summed E-state index contributed by atoms with van der Waals surface area (Å²) in [6, 6.07) is 1.60. The third kappa shape index (κ3) is 1.83. The molecule has 0 saturated carbocycles. The van der Waals surface area contributed by atoms with E-state index in [1.54, 1.807) is 12.3 Å². The van der Waals surface area contributed by atoms with E-state index in [0.29, 0.717) is 6.44 Å². The van der Waals surface area contributed by atoms with E-state index in [2.05, 4.69) is 4.98 Å². The van der Waals surface area contributed by atoms with Crippen LogP contribution in [0.3, 0.4) is 0 Å². The zero-order chi connectivity index (χ0) is 8.27. The topological polar surface area (TPSA) is 60.9 Å². The standard InChI is InChI=1S/C6H9BN3O/c1-7-4-10-3-2-5(8)9-6(10)11/h2-3H,4H2,1H3,(H2,8,9,11). The summed E-state index contributed by atoms with van der Waals surface area (Å²) in [6.07, 6.45) is 2.21. The fraction of sp³-hybridized carbons (Fsp3) is 0.333. The predicted molar refractivity (Wildman–Crippen MR) is 44.5 cm³/mol. The van der Waals surface area contributed by atoms with Crippen LogP contribution in [0.1, 0.15) is 0 Å². The Balaban J connectivity index is 3.00. The van der Waals surface area contributed by atoms with E-state index in [9.17, 15) is 4.79 Å². The molecule has 1 radical (unpaired) electrons. The first kappa shape index (κ1) is 7.85. The lowest BCUT2D eigenvalue weighted by Crippen LogP contribution is -2.24. The molecule has 1 heterocycles. The quantitative estimate of drug-likeness (QED) is 0.580. The van der Waals surface area contributed by atoms with Crippen LogP contribution in [0.15, 0.2) is 17.1 Å². The van der Waals surface area contributed by atoms with Gasteiger partial charge in [0, 0.05) is 6.20 Å². The normalized spacial score (nSPS) is 9.55. The molecule has 0 aliphatic carbocycles. The first-order valence-corrected chi connectivity index (χ1v) is 3.35. The van der Waals surface area contributed by atoms with Gasteiger partial charge in [0.1, 0.15) is 13.1 Å². The van der Waals surface area contributed by atoms with Crippen LogP contribution in [-0.4, -0.2) is 16.8 Å². The smallest absolute Gasteiger partial charge is 0.348 e. The molecule has 57 valence electrons. The van der Waals surface area contributed by atoms with E-state index in [4.69, 9.17) is 5.73 Å². The van der Waals surface area contributed by atoms with Gasteiger partial charge in [0.05, 0.1) is 0 Å². The van der Waals surface area contributed by atoms with Crippen LogP contribution in [0.25, 0.3) is 0 Å². The van der Waals surface area contributed by atoms with Crippen LogP contribution in [0.4, 0.5) is 5.82 Å². The summed E-state index contributed by atoms with van der Waals surface area (Å²) in [4.78, 5) is 14.5. The Morgan fingerprint density at radius 1 is 1.82 bits per heavy atom. The van der Waals surface area contributed by atoms with Gasteiger partial charge in [-0.1, -0.05) is 6.82 Å². The summed E-state index contributed by atoms with van der Waals surface area (Å²) >= 11 is 0. The second-order valence-corrected chi connectivity index (χ2v) is 2.20. The zero-order valence-corrected chi connectivity index (χ0v) is 6.32. The van der Waals surface area contributed by atoms with Crippen LogP contribution in [0, 0.1) is 0 Å². The third-order valence-electron chi connectivity index (χ3n) is 1.27. The lowest BCUT2D eigenvalue weighted by molar-refractivity contribution is 0.784. The molecule has 1 aromatic heterocycles. The van der Waals surface area contributed by atoms with Gasteiger partial charge in [0.2, 0.25) is 0 Å². The first-order chi connectivity index (χ1) is 5.24. The van der Waals surface area contributed by atoms with Gasteiger partial charge in [-0.05, 0) is 12.5 Å². The van der Waals surface area contributed by atoms with Gasteiger partial charge in [-0.25, -0.2) is 4.79 Å². The second-order valence-electron chi connectivity index (χ2n) is 2.20. The average molecular weight is 150 g/mol. The lowest BCUT2D eigenvalue weighted by atomic mass is 9.83. The molecule has 0 saturated heterocycles. The molecule has 0 aromatic carbocycles. The fourth-order valence-electron chi connectivity index (χ4n) is 0.778. The fourth-order valence-corrected chi connectivity index (χ4v) is 0.778. The van der Waals surface area contributed by atoms with E-state index >= 15 is 0 Å². The molecule has 0 aliphatic rings. The highest BCUT2D eigenvalue weighted by molar-refractivity contribution is 6.31. The van der Waals surface area contributed by atoms with E-state index < -0.39 is 0 Å². The summed E-state index contributed by atoms with van der Waals surface area (Å²) in [7, 11) is 1.87. The minimum absolute atomic E-state index is 0.266. The number of nitrogen functional groups attached to an aromatic ring is 1. The number of hydrogen-bond acceptors (Lipinski definition) is 3.